The summed E-state index contributed by atoms with van der Waals surface area (Å²) < 4.78 is 5.52. The van der Waals surface area contributed by atoms with Crippen LogP contribution in [0.2, 0.25) is 0 Å². The Hall–Kier alpha value is -1.31. The Bertz CT molecular complexity index is 743. The summed E-state index contributed by atoms with van der Waals surface area (Å²) in [5, 5.41) is 0.621. The van der Waals surface area contributed by atoms with Crippen LogP contribution in [0, 0.1) is 70.6 Å². The summed E-state index contributed by atoms with van der Waals surface area (Å²) in [5.74, 6) is 1.79. The molecule has 1 aromatic heterocycles. The summed E-state index contributed by atoms with van der Waals surface area (Å²) in [6.45, 7) is 1.78. The zero-order chi connectivity index (χ0) is 16.8. The van der Waals surface area contributed by atoms with Gasteiger partial charge in [-0.25, -0.2) is 0 Å². The van der Waals surface area contributed by atoms with Crippen LogP contribution in [-0.2, 0) is 17.1 Å². The van der Waals surface area contributed by atoms with Crippen molar-refractivity contribution in [3.05, 3.63) is 116 Å². The predicted octanol–water partition coefficient (Wildman–Crippen LogP) is 4.54. The van der Waals surface area contributed by atoms with E-state index in [4.69, 9.17) is 4.42 Å². The van der Waals surface area contributed by atoms with Gasteiger partial charge in [0.05, 0.1) is 5.39 Å². The van der Waals surface area contributed by atoms with Gasteiger partial charge < -0.3 is 4.42 Å². The Morgan fingerprint density at radius 3 is 2.12 bits per heavy atom. The van der Waals surface area contributed by atoms with Crippen LogP contribution in [0.15, 0.2) is 39.6 Å². The maximum Gasteiger partial charge on any atom is 2.00 e. The molecular weight excluding hydrogens is 352 g/mol. The van der Waals surface area contributed by atoms with Gasteiger partial charge in [-0.3, -0.25) is 4.79 Å². The molecule has 2 saturated carbocycles. The number of hydrogen-bond donors (Lipinski definition) is 0. The minimum Gasteiger partial charge on any atom is -0.461 e. The van der Waals surface area contributed by atoms with Crippen molar-refractivity contribution < 1.29 is 21.5 Å². The fraction of sp³-hybridized carbons (Fsp3) is 0.0455. The fourth-order valence-electron chi connectivity index (χ4n) is 2.41. The van der Waals surface area contributed by atoms with E-state index in [0.29, 0.717) is 16.7 Å². The Kier molecular flexibility index (Phi) is 7.99. The molecular formula is C22H18FeO2+2. The molecule has 0 saturated heterocycles. The summed E-state index contributed by atoms with van der Waals surface area (Å²) in [7, 11) is 0. The third-order valence-corrected chi connectivity index (χ3v) is 3.59. The molecule has 0 atom stereocenters. The van der Waals surface area contributed by atoms with Crippen molar-refractivity contribution in [1.29, 1.82) is 0 Å². The van der Waals surface area contributed by atoms with Crippen LogP contribution in [0.5, 0.6) is 0 Å². The van der Waals surface area contributed by atoms with E-state index in [1.807, 2.05) is 88.1 Å². The molecule has 1 aromatic carbocycles. The normalized spacial score (nSPS) is 17.5. The maximum absolute atomic E-state index is 11.9. The summed E-state index contributed by atoms with van der Waals surface area (Å²) in [6, 6.07) is 7.17. The smallest absolute Gasteiger partial charge is 0.461 e. The van der Waals surface area contributed by atoms with Gasteiger partial charge in [0.15, 0.2) is 5.43 Å². The summed E-state index contributed by atoms with van der Waals surface area (Å²) in [5.41, 5.74) is 1.63. The molecule has 10 radical (unpaired) electrons. The van der Waals surface area contributed by atoms with Gasteiger partial charge in [0.1, 0.15) is 11.3 Å². The van der Waals surface area contributed by atoms with Gasteiger partial charge in [-0.05, 0) is 82.4 Å². The minimum absolute atomic E-state index is 0. The Balaban J connectivity index is 0.000000325. The van der Waals surface area contributed by atoms with Crippen molar-refractivity contribution in [2.24, 2.45) is 0 Å². The first-order valence-electron chi connectivity index (χ1n) is 7.83. The number of aryl methyl sites for hydroxylation is 1. The van der Waals surface area contributed by atoms with Crippen molar-refractivity contribution >= 4 is 17.0 Å². The molecule has 124 valence electrons. The first-order chi connectivity index (χ1) is 11.7. The van der Waals surface area contributed by atoms with Crippen molar-refractivity contribution in [3.63, 3.8) is 0 Å². The Morgan fingerprint density at radius 2 is 1.48 bits per heavy atom. The zero-order valence-corrected chi connectivity index (χ0v) is 14.9. The molecule has 2 aliphatic rings. The second kappa shape index (κ2) is 9.99. The van der Waals surface area contributed by atoms with Gasteiger partial charge in [-0.2, -0.15) is 0 Å². The first-order valence-corrected chi connectivity index (χ1v) is 7.83. The van der Waals surface area contributed by atoms with Gasteiger partial charge in [-0.1, -0.05) is 18.2 Å². The molecule has 0 bridgehead atoms. The van der Waals surface area contributed by atoms with Crippen molar-refractivity contribution in [3.8, 4) is 0 Å². The van der Waals surface area contributed by atoms with E-state index in [-0.39, 0.29) is 22.5 Å². The summed E-state index contributed by atoms with van der Waals surface area (Å²) >= 11 is 0. The van der Waals surface area contributed by atoms with E-state index in [2.05, 4.69) is 0 Å². The van der Waals surface area contributed by atoms with Crippen LogP contribution in [0.4, 0.5) is 0 Å². The Morgan fingerprint density at radius 1 is 0.840 bits per heavy atom. The van der Waals surface area contributed by atoms with Crippen molar-refractivity contribution in [1.82, 2.24) is 0 Å². The van der Waals surface area contributed by atoms with Gasteiger partial charge in [0.2, 0.25) is 0 Å². The van der Waals surface area contributed by atoms with Gasteiger partial charge >= 0.3 is 17.1 Å². The molecule has 3 heteroatoms. The van der Waals surface area contributed by atoms with E-state index in [1.54, 1.807) is 6.92 Å². The molecule has 1 heterocycles. The molecule has 4 rings (SSSR count). The summed E-state index contributed by atoms with van der Waals surface area (Å²) in [4.78, 5) is 11.9. The molecule has 2 fully saturated rings. The molecule has 0 aliphatic heterocycles. The second-order valence-electron chi connectivity index (χ2n) is 5.49. The molecule has 2 aromatic rings. The average Bonchev–Trinajstić information content (AvgIpc) is 3.29. The fourth-order valence-corrected chi connectivity index (χ4v) is 2.41. The molecule has 2 aliphatic carbocycles. The van der Waals surface area contributed by atoms with Crippen LogP contribution in [0.1, 0.15) is 11.3 Å². The predicted molar refractivity (Wildman–Crippen MR) is 98.2 cm³/mol. The van der Waals surface area contributed by atoms with E-state index < -0.39 is 0 Å². The molecule has 0 unspecified atom stereocenters. The van der Waals surface area contributed by atoms with Crippen LogP contribution < -0.4 is 5.43 Å². The largest absolute Gasteiger partial charge is 2.00 e. The first kappa shape index (κ1) is 20.0. The van der Waals surface area contributed by atoms with Gasteiger partial charge in [0.25, 0.3) is 0 Å². The maximum atomic E-state index is 11.9. The molecule has 0 N–H and O–H groups in total. The van der Waals surface area contributed by atoms with E-state index in [9.17, 15) is 4.79 Å². The van der Waals surface area contributed by atoms with Crippen molar-refractivity contribution in [2.75, 3.05) is 0 Å². The van der Waals surface area contributed by atoms with Gasteiger partial charge in [-0.15, -0.1) is 0 Å². The zero-order valence-electron chi connectivity index (χ0n) is 13.8. The van der Waals surface area contributed by atoms with Crippen LogP contribution in [0.3, 0.4) is 0 Å². The number of benzene rings is 1. The van der Waals surface area contributed by atoms with Crippen LogP contribution >= 0.6 is 0 Å². The van der Waals surface area contributed by atoms with Crippen molar-refractivity contribution in [2.45, 2.75) is 6.92 Å². The monoisotopic (exact) mass is 370 g/mol. The number of fused-ring (bicyclic) bond motifs is 1. The quantitative estimate of drug-likeness (QED) is 0.727. The van der Waals surface area contributed by atoms with Gasteiger partial charge in [0, 0.05) is 12.0 Å². The molecule has 0 amide bonds. The molecule has 0 spiro atoms. The number of allylic oxidation sites excluding steroid dienone is 1. The number of rotatable bonds is 2. The van der Waals surface area contributed by atoms with E-state index >= 15 is 0 Å². The third-order valence-electron chi connectivity index (χ3n) is 3.59. The number of hydrogen-bond acceptors (Lipinski definition) is 2. The average molecular weight is 370 g/mol. The standard InChI is InChI=1S/C17H13O2.C5H5.Fe/c1-12-10-16(18)15-11-14(8-9-17(15)19-12)7-6-13-4-2-3-5-13;1-2-4-5-3-1;/h2-11H,1H3;1-5H;/q;;+2/b7-6+;;. The van der Waals surface area contributed by atoms with Crippen LogP contribution in [0.25, 0.3) is 17.0 Å². The minimum atomic E-state index is 0. The topological polar surface area (TPSA) is 30.2 Å². The molecule has 25 heavy (non-hydrogen) atoms. The Labute approximate surface area is 161 Å². The third kappa shape index (κ3) is 5.87. The van der Waals surface area contributed by atoms with E-state index in [0.717, 1.165) is 11.5 Å². The second-order valence-corrected chi connectivity index (χ2v) is 5.49. The van der Waals surface area contributed by atoms with E-state index in [1.165, 1.54) is 6.07 Å². The SMILES string of the molecule is Cc1cc(=O)c2cc(/C=C/[C]3[CH][CH][CH][CH]3)ccc2o1.[CH]1[CH][CH][CH][CH]1.[Fe+2]. The summed E-state index contributed by atoms with van der Waals surface area (Å²) in [6.07, 6.45) is 22.1. The van der Waals surface area contributed by atoms with Crippen LogP contribution in [-0.4, -0.2) is 0 Å². The molecule has 2 nitrogen and oxygen atoms in total.